The minimum absolute atomic E-state index is 0.108. The summed E-state index contributed by atoms with van der Waals surface area (Å²) >= 11 is 0. The molecule has 0 saturated carbocycles. The molecule has 6 heteroatoms. The highest BCUT2D eigenvalue weighted by molar-refractivity contribution is 5.89. The van der Waals surface area contributed by atoms with Crippen molar-refractivity contribution >= 4 is 11.7 Å². The van der Waals surface area contributed by atoms with Crippen LogP contribution in [0.25, 0.3) is 0 Å². The lowest BCUT2D eigenvalue weighted by molar-refractivity contribution is -0.116. The van der Waals surface area contributed by atoms with Crippen LogP contribution >= 0.6 is 0 Å². The molecule has 0 aliphatic heterocycles. The smallest absolute Gasteiger partial charge is 0.226 e. The van der Waals surface area contributed by atoms with Gasteiger partial charge in [-0.3, -0.25) is 9.69 Å². The molecule has 5 nitrogen and oxygen atoms in total. The average molecular weight is 305 g/mol. The maximum Gasteiger partial charge on any atom is 0.226 e. The number of aromatic nitrogens is 1. The van der Waals surface area contributed by atoms with Crippen molar-refractivity contribution in [2.24, 2.45) is 0 Å². The summed E-state index contributed by atoms with van der Waals surface area (Å²) in [7, 11) is 1.87. The summed E-state index contributed by atoms with van der Waals surface area (Å²) < 4.78 is 18.6. The number of benzene rings is 1. The van der Waals surface area contributed by atoms with E-state index in [0.717, 1.165) is 0 Å². The van der Waals surface area contributed by atoms with Crippen LogP contribution in [0.3, 0.4) is 0 Å². The molecule has 0 aliphatic carbocycles. The van der Waals surface area contributed by atoms with Crippen LogP contribution in [0.1, 0.15) is 30.7 Å². The van der Waals surface area contributed by atoms with Crippen LogP contribution in [0.15, 0.2) is 34.9 Å². The lowest BCUT2D eigenvalue weighted by Gasteiger charge is -2.25. The molecule has 1 heterocycles. The molecular weight excluding hydrogens is 285 g/mol. The number of nitrogens with one attached hydrogen (secondary N) is 1. The van der Waals surface area contributed by atoms with Crippen LogP contribution < -0.4 is 5.32 Å². The molecular formula is C16H20FN3O2. The monoisotopic (exact) mass is 305 g/mol. The molecule has 0 bridgehead atoms. The number of hydrogen-bond acceptors (Lipinski definition) is 4. The van der Waals surface area contributed by atoms with Gasteiger partial charge in [-0.1, -0.05) is 23.4 Å². The van der Waals surface area contributed by atoms with Gasteiger partial charge in [0.1, 0.15) is 11.6 Å². The summed E-state index contributed by atoms with van der Waals surface area (Å²) in [6, 6.07) is 8.22. The van der Waals surface area contributed by atoms with Gasteiger partial charge in [0.15, 0.2) is 5.82 Å². The van der Waals surface area contributed by atoms with Crippen molar-refractivity contribution < 1.29 is 13.7 Å². The second kappa shape index (κ2) is 7.17. The third-order valence-corrected chi connectivity index (χ3v) is 3.60. The highest BCUT2D eigenvalue weighted by Crippen LogP contribution is 2.21. The van der Waals surface area contributed by atoms with Gasteiger partial charge in [-0.15, -0.1) is 0 Å². The van der Waals surface area contributed by atoms with Crippen LogP contribution in [0.2, 0.25) is 0 Å². The normalized spacial score (nSPS) is 12.4. The Labute approximate surface area is 129 Å². The number of carbonyl (C=O) groups excluding carboxylic acids is 1. The van der Waals surface area contributed by atoms with E-state index in [4.69, 9.17) is 4.52 Å². The van der Waals surface area contributed by atoms with E-state index in [2.05, 4.69) is 10.5 Å². The highest BCUT2D eigenvalue weighted by Gasteiger charge is 2.16. The van der Waals surface area contributed by atoms with E-state index < -0.39 is 0 Å². The van der Waals surface area contributed by atoms with E-state index in [-0.39, 0.29) is 17.8 Å². The Morgan fingerprint density at radius 3 is 2.82 bits per heavy atom. The van der Waals surface area contributed by atoms with Gasteiger partial charge in [-0.2, -0.15) is 0 Å². The minimum Gasteiger partial charge on any atom is -0.360 e. The maximum atomic E-state index is 13.8. The number of nitrogens with zero attached hydrogens (tertiary/aromatic N) is 2. The van der Waals surface area contributed by atoms with Crippen molar-refractivity contribution in [2.75, 3.05) is 18.9 Å². The molecule has 1 aromatic heterocycles. The molecule has 0 unspecified atom stereocenters. The zero-order valence-electron chi connectivity index (χ0n) is 13.0. The zero-order valence-corrected chi connectivity index (χ0v) is 13.0. The number of anilines is 1. The Balaban J connectivity index is 1.85. The first-order valence-corrected chi connectivity index (χ1v) is 7.15. The molecule has 0 spiro atoms. The number of rotatable bonds is 6. The summed E-state index contributed by atoms with van der Waals surface area (Å²) in [6.45, 7) is 4.18. The first kappa shape index (κ1) is 16.2. The van der Waals surface area contributed by atoms with Crippen molar-refractivity contribution in [3.63, 3.8) is 0 Å². The number of aryl methyl sites for hydroxylation is 1. The third-order valence-electron chi connectivity index (χ3n) is 3.60. The predicted molar refractivity (Wildman–Crippen MR) is 81.9 cm³/mol. The standard InChI is InChI=1S/C16H20FN3O2/c1-11-10-15(19-22-11)18-16(21)8-9-20(3)12(2)13-6-4-5-7-14(13)17/h4-7,10,12H,8-9H2,1-3H3,(H,18,19,21)/t12-/m0/s1. The van der Waals surface area contributed by atoms with Crippen molar-refractivity contribution in [1.82, 2.24) is 10.1 Å². The molecule has 22 heavy (non-hydrogen) atoms. The zero-order chi connectivity index (χ0) is 16.1. The first-order chi connectivity index (χ1) is 10.5. The van der Waals surface area contributed by atoms with E-state index in [1.807, 2.05) is 24.9 Å². The van der Waals surface area contributed by atoms with Gasteiger partial charge in [0.25, 0.3) is 0 Å². The Morgan fingerprint density at radius 1 is 1.45 bits per heavy atom. The van der Waals surface area contributed by atoms with Crippen molar-refractivity contribution in [2.45, 2.75) is 26.3 Å². The van der Waals surface area contributed by atoms with Gasteiger partial charge in [0.2, 0.25) is 5.91 Å². The van der Waals surface area contributed by atoms with E-state index in [1.54, 1.807) is 25.1 Å². The number of halogens is 1. The van der Waals surface area contributed by atoms with Crippen LogP contribution in [0, 0.1) is 12.7 Å². The molecule has 1 aromatic carbocycles. The van der Waals surface area contributed by atoms with Gasteiger partial charge in [-0.05, 0) is 27.0 Å². The Morgan fingerprint density at radius 2 is 2.18 bits per heavy atom. The third kappa shape index (κ3) is 4.14. The van der Waals surface area contributed by atoms with Gasteiger partial charge < -0.3 is 9.84 Å². The molecule has 1 atom stereocenters. The summed E-state index contributed by atoms with van der Waals surface area (Å²) in [5.41, 5.74) is 0.623. The molecule has 0 saturated heterocycles. The number of amides is 1. The average Bonchev–Trinajstić information content (AvgIpc) is 2.89. The fraction of sp³-hybridized carbons (Fsp3) is 0.375. The second-order valence-corrected chi connectivity index (χ2v) is 5.30. The number of carbonyl (C=O) groups is 1. The van der Waals surface area contributed by atoms with Crippen LogP contribution in [0.5, 0.6) is 0 Å². The topological polar surface area (TPSA) is 58.4 Å². The molecule has 2 rings (SSSR count). The van der Waals surface area contributed by atoms with Gasteiger partial charge >= 0.3 is 0 Å². The van der Waals surface area contributed by atoms with Gasteiger partial charge in [0.05, 0.1) is 0 Å². The Bertz CT molecular complexity index is 642. The lowest BCUT2D eigenvalue weighted by atomic mass is 10.1. The van der Waals surface area contributed by atoms with Crippen molar-refractivity contribution in [3.05, 3.63) is 47.5 Å². The minimum atomic E-state index is -0.232. The fourth-order valence-corrected chi connectivity index (χ4v) is 2.15. The largest absolute Gasteiger partial charge is 0.360 e. The molecule has 0 radical (unpaired) electrons. The second-order valence-electron chi connectivity index (χ2n) is 5.30. The lowest BCUT2D eigenvalue weighted by Crippen LogP contribution is -2.27. The van der Waals surface area contributed by atoms with Crippen molar-refractivity contribution in [1.29, 1.82) is 0 Å². The maximum absolute atomic E-state index is 13.8. The molecule has 2 aromatic rings. The summed E-state index contributed by atoms with van der Waals surface area (Å²) in [5, 5.41) is 6.37. The van der Waals surface area contributed by atoms with Gasteiger partial charge in [-0.25, -0.2) is 4.39 Å². The molecule has 1 N–H and O–H groups in total. The Kier molecular flexibility index (Phi) is 5.27. The highest BCUT2D eigenvalue weighted by atomic mass is 19.1. The quantitative estimate of drug-likeness (QED) is 0.890. The van der Waals surface area contributed by atoms with Crippen LogP contribution in [-0.4, -0.2) is 29.6 Å². The first-order valence-electron chi connectivity index (χ1n) is 7.15. The SMILES string of the molecule is Cc1cc(NC(=O)CCN(C)[C@@H](C)c2ccccc2F)no1. The number of hydrogen-bond donors (Lipinski definition) is 1. The molecule has 1 amide bonds. The van der Waals surface area contributed by atoms with Crippen LogP contribution in [-0.2, 0) is 4.79 Å². The predicted octanol–water partition coefficient (Wildman–Crippen LogP) is 3.14. The summed E-state index contributed by atoms with van der Waals surface area (Å²) in [5.74, 6) is 0.665. The van der Waals surface area contributed by atoms with Crippen LogP contribution in [0.4, 0.5) is 10.2 Å². The Hall–Kier alpha value is -2.21. The van der Waals surface area contributed by atoms with E-state index in [9.17, 15) is 9.18 Å². The summed E-state index contributed by atoms with van der Waals surface area (Å²) in [6.07, 6.45) is 0.293. The van der Waals surface area contributed by atoms with E-state index in [1.165, 1.54) is 6.07 Å². The molecule has 0 aliphatic rings. The molecule has 118 valence electrons. The van der Waals surface area contributed by atoms with Gasteiger partial charge in [0, 0.05) is 30.6 Å². The fourth-order valence-electron chi connectivity index (χ4n) is 2.15. The molecule has 0 fully saturated rings. The van der Waals surface area contributed by atoms with Crippen molar-refractivity contribution in [3.8, 4) is 0 Å². The van der Waals surface area contributed by atoms with E-state index >= 15 is 0 Å². The summed E-state index contributed by atoms with van der Waals surface area (Å²) in [4.78, 5) is 13.8. The van der Waals surface area contributed by atoms with E-state index in [0.29, 0.717) is 30.1 Å².